The highest BCUT2D eigenvalue weighted by molar-refractivity contribution is 9.10. The number of hydrogen-bond acceptors (Lipinski definition) is 3. The first-order valence-electron chi connectivity index (χ1n) is 9.93. The van der Waals surface area contributed by atoms with Gasteiger partial charge in [-0.1, -0.05) is 54.0 Å². The van der Waals surface area contributed by atoms with Crippen molar-refractivity contribution in [3.63, 3.8) is 0 Å². The van der Waals surface area contributed by atoms with Crippen LogP contribution in [-0.4, -0.2) is 50.3 Å². The molecule has 2 aromatic carbocycles. The second-order valence-electron chi connectivity index (χ2n) is 8.96. The summed E-state index contributed by atoms with van der Waals surface area (Å²) in [6.07, 6.45) is -0.768. The first-order valence-corrected chi connectivity index (χ1v) is 10.7. The Morgan fingerprint density at radius 3 is 2.53 bits per heavy atom. The molecule has 6 nitrogen and oxygen atoms in total. The third-order valence-corrected chi connectivity index (χ3v) is 6.90. The molecule has 0 aromatic heterocycles. The van der Waals surface area contributed by atoms with Crippen LogP contribution in [0.1, 0.15) is 47.8 Å². The second-order valence-corrected chi connectivity index (χ2v) is 9.87. The Hall–Kier alpha value is -2.38. The monoisotopic (exact) mass is 472 g/mol. The summed E-state index contributed by atoms with van der Waals surface area (Å²) in [7, 11) is 0. The summed E-state index contributed by atoms with van der Waals surface area (Å²) in [5.41, 5.74) is 1.29. The number of rotatable bonds is 2. The van der Waals surface area contributed by atoms with Gasteiger partial charge in [-0.2, -0.15) is 0 Å². The van der Waals surface area contributed by atoms with Crippen LogP contribution >= 0.6 is 15.9 Å². The predicted octanol–water partition coefficient (Wildman–Crippen LogP) is 4.00. The topological polar surface area (TPSA) is 81.1 Å². The zero-order chi connectivity index (χ0) is 21.8. The summed E-state index contributed by atoms with van der Waals surface area (Å²) in [4.78, 5) is 28.2. The summed E-state index contributed by atoms with van der Waals surface area (Å²) in [5.74, 6) is -0.286. The van der Waals surface area contributed by atoms with E-state index in [0.717, 1.165) is 21.2 Å². The molecule has 4 rings (SSSR count). The van der Waals surface area contributed by atoms with Gasteiger partial charge < -0.3 is 15.1 Å². The van der Waals surface area contributed by atoms with E-state index in [1.54, 1.807) is 13.0 Å². The molecule has 0 aliphatic carbocycles. The van der Waals surface area contributed by atoms with Crippen LogP contribution in [0, 0.1) is 0 Å². The highest BCUT2D eigenvalue weighted by atomic mass is 79.9. The predicted molar refractivity (Wildman–Crippen MR) is 116 cm³/mol. The second kappa shape index (κ2) is 7.10. The molecule has 0 radical (unpaired) electrons. The van der Waals surface area contributed by atoms with Gasteiger partial charge in [0.05, 0.1) is 6.04 Å². The van der Waals surface area contributed by atoms with Gasteiger partial charge in [0.15, 0.2) is 5.72 Å². The minimum absolute atomic E-state index is 0.182. The summed E-state index contributed by atoms with van der Waals surface area (Å²) >= 11 is 3.47. The maximum atomic E-state index is 13.4. The van der Waals surface area contributed by atoms with Crippen LogP contribution in [0.2, 0.25) is 0 Å². The Bertz CT molecular complexity index is 1030. The molecule has 2 atom stereocenters. The molecule has 2 aliphatic rings. The zero-order valence-corrected chi connectivity index (χ0v) is 18.8. The first kappa shape index (κ1) is 20.9. The molecule has 2 aliphatic heterocycles. The van der Waals surface area contributed by atoms with Gasteiger partial charge in [-0.3, -0.25) is 9.69 Å². The molecule has 158 valence electrons. The highest BCUT2D eigenvalue weighted by Crippen LogP contribution is 2.40. The zero-order valence-electron chi connectivity index (χ0n) is 17.2. The summed E-state index contributed by atoms with van der Waals surface area (Å²) in [6, 6.07) is 12.4. The number of halogens is 1. The lowest BCUT2D eigenvalue weighted by Gasteiger charge is -2.51. The van der Waals surface area contributed by atoms with Crippen molar-refractivity contribution < 1.29 is 19.8 Å². The van der Waals surface area contributed by atoms with Crippen molar-refractivity contribution in [2.75, 3.05) is 6.54 Å². The fourth-order valence-corrected chi connectivity index (χ4v) is 5.08. The van der Waals surface area contributed by atoms with Gasteiger partial charge in [-0.15, -0.1) is 0 Å². The lowest BCUT2D eigenvalue weighted by molar-refractivity contribution is -0.133. The molecule has 2 unspecified atom stereocenters. The average molecular weight is 473 g/mol. The van der Waals surface area contributed by atoms with Gasteiger partial charge in [0.2, 0.25) is 0 Å². The number of carbonyl (C=O) groups is 2. The number of fused-ring (bicyclic) bond motifs is 2. The molecule has 0 bridgehead atoms. The summed E-state index contributed by atoms with van der Waals surface area (Å²) in [6.45, 7) is 6.08. The van der Waals surface area contributed by atoms with E-state index < -0.39 is 23.3 Å². The maximum absolute atomic E-state index is 13.4. The normalized spacial score (nSPS) is 22.2. The van der Waals surface area contributed by atoms with Gasteiger partial charge in [-0.25, -0.2) is 4.79 Å². The fourth-order valence-electron chi connectivity index (χ4n) is 4.72. The third kappa shape index (κ3) is 3.30. The molecule has 0 fully saturated rings. The van der Waals surface area contributed by atoms with Gasteiger partial charge in [0, 0.05) is 28.5 Å². The van der Waals surface area contributed by atoms with Gasteiger partial charge in [0.1, 0.15) is 0 Å². The number of carbonyl (C=O) groups excluding carboxylic acids is 1. The molecule has 0 spiro atoms. The smallest absolute Gasteiger partial charge is 0.408 e. The number of aliphatic hydroxyl groups is 1. The van der Waals surface area contributed by atoms with Gasteiger partial charge in [-0.05, 0) is 48.2 Å². The van der Waals surface area contributed by atoms with Crippen LogP contribution in [0.5, 0.6) is 0 Å². The van der Waals surface area contributed by atoms with Crippen LogP contribution in [-0.2, 0) is 18.4 Å². The fraction of sp³-hybridized carbons (Fsp3) is 0.391. The largest absolute Gasteiger partial charge is 0.465 e. The third-order valence-electron chi connectivity index (χ3n) is 6.41. The van der Waals surface area contributed by atoms with E-state index in [1.165, 1.54) is 9.80 Å². The number of amides is 2. The van der Waals surface area contributed by atoms with Crippen LogP contribution < -0.4 is 0 Å². The summed E-state index contributed by atoms with van der Waals surface area (Å²) in [5, 5.41) is 21.5. The van der Waals surface area contributed by atoms with Crippen molar-refractivity contribution in [1.82, 2.24) is 9.80 Å². The molecule has 0 saturated heterocycles. The molecule has 2 N–H and O–H groups in total. The Balaban J connectivity index is 1.76. The molecular formula is C23H25BrN2O4. The molecule has 7 heteroatoms. The minimum atomic E-state index is -1.68. The first-order chi connectivity index (χ1) is 14.0. The van der Waals surface area contributed by atoms with Crippen LogP contribution in [0.25, 0.3) is 0 Å². The number of carboxylic acid groups (broad SMARTS) is 1. The molecular weight excluding hydrogens is 448 g/mol. The van der Waals surface area contributed by atoms with Crippen molar-refractivity contribution in [2.24, 2.45) is 0 Å². The number of nitrogens with zero attached hydrogens (tertiary/aromatic N) is 2. The van der Waals surface area contributed by atoms with Crippen LogP contribution in [0.15, 0.2) is 46.9 Å². The molecule has 2 heterocycles. The van der Waals surface area contributed by atoms with E-state index >= 15 is 0 Å². The minimum Gasteiger partial charge on any atom is -0.465 e. The van der Waals surface area contributed by atoms with E-state index in [2.05, 4.69) is 15.9 Å². The van der Waals surface area contributed by atoms with Crippen molar-refractivity contribution >= 4 is 27.9 Å². The van der Waals surface area contributed by atoms with Crippen LogP contribution in [0.3, 0.4) is 0 Å². The lowest BCUT2D eigenvalue weighted by atomic mass is 9.76. The summed E-state index contributed by atoms with van der Waals surface area (Å²) < 4.78 is 0.892. The lowest BCUT2D eigenvalue weighted by Crippen LogP contribution is -2.67. The van der Waals surface area contributed by atoms with E-state index in [1.807, 2.05) is 50.2 Å². The van der Waals surface area contributed by atoms with E-state index in [-0.39, 0.29) is 19.0 Å². The standard InChI is InChI=1S/C23H25BrN2O4/c1-22(2)13-26(20(27)17-9-8-16(24)11-18(17)22)23(3,30)19-10-14-6-4-5-7-15(14)12-25(19)21(28)29/h4-9,11,19,30H,10,12-13H2,1-3H3,(H,28,29). The Labute approximate surface area is 184 Å². The maximum Gasteiger partial charge on any atom is 0.408 e. The SMILES string of the molecule is CC1(C)CN(C(C)(O)C2Cc3ccccc3CN2C(=O)O)C(=O)c2ccc(Br)cc21. The van der Waals surface area contributed by atoms with E-state index in [0.29, 0.717) is 12.0 Å². The number of benzene rings is 2. The number of hydrogen-bond donors (Lipinski definition) is 2. The van der Waals surface area contributed by atoms with Crippen molar-refractivity contribution in [3.05, 3.63) is 69.2 Å². The van der Waals surface area contributed by atoms with Crippen molar-refractivity contribution in [1.29, 1.82) is 0 Å². The molecule has 2 aromatic rings. The van der Waals surface area contributed by atoms with E-state index in [9.17, 15) is 19.8 Å². The Morgan fingerprint density at radius 2 is 1.87 bits per heavy atom. The highest BCUT2D eigenvalue weighted by Gasteiger charge is 2.51. The molecule has 2 amide bonds. The van der Waals surface area contributed by atoms with Gasteiger partial charge in [0.25, 0.3) is 5.91 Å². The van der Waals surface area contributed by atoms with E-state index in [4.69, 9.17) is 0 Å². The average Bonchev–Trinajstić information content (AvgIpc) is 2.69. The van der Waals surface area contributed by atoms with Crippen molar-refractivity contribution in [3.8, 4) is 0 Å². The Morgan fingerprint density at radius 1 is 1.20 bits per heavy atom. The molecule has 0 saturated carbocycles. The Kier molecular flexibility index (Phi) is 4.94. The molecule has 30 heavy (non-hydrogen) atoms. The quantitative estimate of drug-likeness (QED) is 0.691. The van der Waals surface area contributed by atoms with Crippen molar-refractivity contribution in [2.45, 2.75) is 50.9 Å². The van der Waals surface area contributed by atoms with Crippen LogP contribution in [0.4, 0.5) is 4.79 Å². The van der Waals surface area contributed by atoms with Gasteiger partial charge >= 0.3 is 6.09 Å².